The highest BCUT2D eigenvalue weighted by Gasteiger charge is 2.25. The van der Waals surface area contributed by atoms with Gasteiger partial charge in [0.25, 0.3) is 0 Å². The highest BCUT2D eigenvalue weighted by molar-refractivity contribution is 7.99. The molecule has 0 bridgehead atoms. The van der Waals surface area contributed by atoms with Crippen LogP contribution in [0, 0.1) is 5.92 Å². The predicted octanol–water partition coefficient (Wildman–Crippen LogP) is 2.87. The molecule has 1 heterocycles. The molecule has 2 N–H and O–H groups in total. The lowest BCUT2D eigenvalue weighted by atomic mass is 9.85. The molecule has 1 aliphatic heterocycles. The van der Waals surface area contributed by atoms with Crippen molar-refractivity contribution >= 4 is 11.8 Å². The molecule has 3 heteroatoms. The third-order valence-electron chi connectivity index (χ3n) is 3.36. The average molecular weight is 237 g/mol. The molecule has 0 saturated carbocycles. The molecular weight excluding hydrogens is 218 g/mol. The van der Waals surface area contributed by atoms with Gasteiger partial charge in [0.05, 0.1) is 7.11 Å². The lowest BCUT2D eigenvalue weighted by Gasteiger charge is -2.29. The third-order valence-corrected chi connectivity index (χ3v) is 4.48. The van der Waals surface area contributed by atoms with Crippen molar-refractivity contribution in [3.63, 3.8) is 0 Å². The first-order valence-corrected chi connectivity index (χ1v) is 6.75. The second-order valence-electron chi connectivity index (χ2n) is 4.36. The number of ether oxygens (including phenoxy) is 1. The normalized spacial score (nSPS) is 21.3. The largest absolute Gasteiger partial charge is 0.497 e. The van der Waals surface area contributed by atoms with E-state index >= 15 is 0 Å². The highest BCUT2D eigenvalue weighted by Crippen LogP contribution is 2.42. The Kier molecular flexibility index (Phi) is 3.77. The first-order chi connectivity index (χ1) is 7.76. The monoisotopic (exact) mass is 237 g/mol. The second-order valence-corrected chi connectivity index (χ2v) is 5.50. The Morgan fingerprint density at radius 2 is 2.38 bits per heavy atom. The first-order valence-electron chi connectivity index (χ1n) is 5.77. The molecule has 1 aromatic rings. The molecule has 2 rings (SSSR count). The highest BCUT2D eigenvalue weighted by atomic mass is 32.2. The molecule has 2 unspecified atom stereocenters. The molecule has 2 atom stereocenters. The first kappa shape index (κ1) is 11.8. The summed E-state index contributed by atoms with van der Waals surface area (Å²) in [5, 5.41) is 0. The Morgan fingerprint density at radius 1 is 1.56 bits per heavy atom. The van der Waals surface area contributed by atoms with Gasteiger partial charge in [0.15, 0.2) is 0 Å². The molecule has 2 nitrogen and oxygen atoms in total. The quantitative estimate of drug-likeness (QED) is 0.878. The van der Waals surface area contributed by atoms with E-state index in [1.54, 1.807) is 7.11 Å². The van der Waals surface area contributed by atoms with E-state index in [9.17, 15) is 0 Å². The number of methoxy groups -OCH3 is 1. The average Bonchev–Trinajstić information content (AvgIpc) is 2.36. The predicted molar refractivity (Wildman–Crippen MR) is 69.3 cm³/mol. The molecule has 0 aliphatic carbocycles. The molecule has 0 saturated heterocycles. The fraction of sp³-hybridized carbons (Fsp3) is 0.538. The Balaban J connectivity index is 2.35. The van der Waals surface area contributed by atoms with Crippen LogP contribution < -0.4 is 10.5 Å². The van der Waals surface area contributed by atoms with Crippen molar-refractivity contribution < 1.29 is 4.74 Å². The van der Waals surface area contributed by atoms with Gasteiger partial charge in [-0.1, -0.05) is 6.92 Å². The Bertz CT molecular complexity index is 367. The van der Waals surface area contributed by atoms with Crippen LogP contribution in [0.3, 0.4) is 0 Å². The number of fused-ring (bicyclic) bond motifs is 1. The molecule has 0 fully saturated rings. The standard InChI is InChI=1S/C13H19NOS/c1-9(8-14)11-5-6-16-13-4-3-10(15-2)7-12(11)13/h3-4,7,9,11H,5-6,8,14H2,1-2H3. The van der Waals surface area contributed by atoms with Gasteiger partial charge in [-0.05, 0) is 54.3 Å². The molecule has 0 spiro atoms. The van der Waals surface area contributed by atoms with Crippen LogP contribution in [-0.2, 0) is 0 Å². The van der Waals surface area contributed by atoms with Gasteiger partial charge in [0.1, 0.15) is 5.75 Å². The van der Waals surface area contributed by atoms with Crippen LogP contribution in [-0.4, -0.2) is 19.4 Å². The number of thioether (sulfide) groups is 1. The lowest BCUT2D eigenvalue weighted by Crippen LogP contribution is -2.22. The molecule has 0 aromatic heterocycles. The Morgan fingerprint density at radius 3 is 3.06 bits per heavy atom. The van der Waals surface area contributed by atoms with Crippen LogP contribution >= 0.6 is 11.8 Å². The van der Waals surface area contributed by atoms with Gasteiger partial charge in [-0.15, -0.1) is 11.8 Å². The van der Waals surface area contributed by atoms with Crippen LogP contribution in [0.1, 0.15) is 24.8 Å². The number of nitrogens with two attached hydrogens (primary N) is 1. The second kappa shape index (κ2) is 5.11. The van der Waals surface area contributed by atoms with Crippen LogP contribution in [0.25, 0.3) is 0 Å². The maximum atomic E-state index is 5.79. The zero-order valence-electron chi connectivity index (χ0n) is 9.90. The molecule has 0 amide bonds. The van der Waals surface area contributed by atoms with Crippen molar-refractivity contribution in [2.45, 2.75) is 24.2 Å². The molecule has 1 aromatic carbocycles. The number of rotatable bonds is 3. The zero-order valence-corrected chi connectivity index (χ0v) is 10.7. The van der Waals surface area contributed by atoms with E-state index in [0.29, 0.717) is 11.8 Å². The Labute approximate surface area is 102 Å². The molecule has 0 radical (unpaired) electrons. The van der Waals surface area contributed by atoms with Gasteiger partial charge in [-0.2, -0.15) is 0 Å². The van der Waals surface area contributed by atoms with Crippen molar-refractivity contribution in [1.29, 1.82) is 0 Å². The minimum atomic E-state index is 0.548. The van der Waals surface area contributed by atoms with Gasteiger partial charge >= 0.3 is 0 Å². The van der Waals surface area contributed by atoms with Gasteiger partial charge in [-0.3, -0.25) is 0 Å². The van der Waals surface area contributed by atoms with E-state index in [1.807, 2.05) is 17.8 Å². The minimum absolute atomic E-state index is 0.548. The summed E-state index contributed by atoms with van der Waals surface area (Å²) in [6.07, 6.45) is 1.23. The summed E-state index contributed by atoms with van der Waals surface area (Å²) in [4.78, 5) is 1.40. The summed E-state index contributed by atoms with van der Waals surface area (Å²) in [5.41, 5.74) is 7.22. The van der Waals surface area contributed by atoms with Crippen LogP contribution in [0.2, 0.25) is 0 Å². The van der Waals surface area contributed by atoms with E-state index < -0.39 is 0 Å². The number of benzene rings is 1. The van der Waals surface area contributed by atoms with Crippen molar-refractivity contribution in [1.82, 2.24) is 0 Å². The van der Waals surface area contributed by atoms with Crippen molar-refractivity contribution in [2.24, 2.45) is 11.7 Å². The summed E-state index contributed by atoms with van der Waals surface area (Å²) < 4.78 is 5.30. The van der Waals surface area contributed by atoms with Gasteiger partial charge in [-0.25, -0.2) is 0 Å². The maximum absolute atomic E-state index is 5.79. The zero-order chi connectivity index (χ0) is 11.5. The fourth-order valence-electron chi connectivity index (χ4n) is 2.28. The molecular formula is C13H19NOS. The smallest absolute Gasteiger partial charge is 0.119 e. The van der Waals surface area contributed by atoms with E-state index in [4.69, 9.17) is 10.5 Å². The summed E-state index contributed by atoms with van der Waals surface area (Å²) in [6, 6.07) is 6.40. The molecule has 16 heavy (non-hydrogen) atoms. The molecule has 88 valence electrons. The SMILES string of the molecule is COc1ccc2c(c1)C(C(C)CN)CCS2. The van der Waals surface area contributed by atoms with E-state index in [2.05, 4.69) is 19.1 Å². The number of hydrogen-bond acceptors (Lipinski definition) is 3. The van der Waals surface area contributed by atoms with Crippen molar-refractivity contribution in [3.8, 4) is 5.75 Å². The van der Waals surface area contributed by atoms with E-state index in [1.165, 1.54) is 22.6 Å². The summed E-state index contributed by atoms with van der Waals surface area (Å²) in [6.45, 7) is 3.00. The van der Waals surface area contributed by atoms with Crippen LogP contribution in [0.4, 0.5) is 0 Å². The number of hydrogen-bond donors (Lipinski definition) is 1. The summed E-state index contributed by atoms with van der Waals surface area (Å²) >= 11 is 1.94. The van der Waals surface area contributed by atoms with Crippen LogP contribution in [0.5, 0.6) is 5.75 Å². The maximum Gasteiger partial charge on any atom is 0.119 e. The summed E-state index contributed by atoms with van der Waals surface area (Å²) in [5.74, 6) is 3.30. The molecule has 1 aliphatic rings. The van der Waals surface area contributed by atoms with Crippen molar-refractivity contribution in [2.75, 3.05) is 19.4 Å². The third kappa shape index (κ3) is 2.20. The minimum Gasteiger partial charge on any atom is -0.497 e. The van der Waals surface area contributed by atoms with E-state index in [-0.39, 0.29) is 0 Å². The Hall–Kier alpha value is -0.670. The topological polar surface area (TPSA) is 35.2 Å². The van der Waals surface area contributed by atoms with Crippen LogP contribution in [0.15, 0.2) is 23.1 Å². The fourth-order valence-corrected chi connectivity index (χ4v) is 3.41. The summed E-state index contributed by atoms with van der Waals surface area (Å²) in [7, 11) is 1.72. The van der Waals surface area contributed by atoms with Gasteiger partial charge in [0, 0.05) is 4.90 Å². The van der Waals surface area contributed by atoms with Gasteiger partial charge in [0.2, 0.25) is 0 Å². The van der Waals surface area contributed by atoms with Gasteiger partial charge < -0.3 is 10.5 Å². The van der Waals surface area contributed by atoms with E-state index in [0.717, 1.165) is 12.3 Å². The lowest BCUT2D eigenvalue weighted by molar-refractivity contribution is 0.408. The van der Waals surface area contributed by atoms with Crippen molar-refractivity contribution in [3.05, 3.63) is 23.8 Å².